The minimum absolute atomic E-state index is 0.0625. The number of hydrogen-bond acceptors (Lipinski definition) is 4. The molecule has 0 aliphatic heterocycles. The number of pyridine rings is 1. The van der Waals surface area contributed by atoms with Crippen molar-refractivity contribution in [3.63, 3.8) is 0 Å². The van der Waals surface area contributed by atoms with Gasteiger partial charge < -0.3 is 5.32 Å². The summed E-state index contributed by atoms with van der Waals surface area (Å²) in [6.07, 6.45) is -0.951. The Balaban J connectivity index is 2.11. The third-order valence-electron chi connectivity index (χ3n) is 2.73. The molecule has 0 aliphatic carbocycles. The lowest BCUT2D eigenvalue weighted by Crippen LogP contribution is -2.12. The zero-order valence-corrected chi connectivity index (χ0v) is 10.8. The number of nitrogens with zero attached hydrogens (tertiary/aromatic N) is 3. The fourth-order valence-corrected chi connectivity index (χ4v) is 1.72. The molecule has 0 radical (unpaired) electrons. The molecule has 20 heavy (non-hydrogen) atoms. The number of anilines is 1. The summed E-state index contributed by atoms with van der Waals surface area (Å²) in [5.41, 5.74) is 0.842. The Hall–Kier alpha value is -2.18. The standard InChI is InChI=1S/C13H13F3N4/c1-2-9-4-3-6-17-10(9)8-19-12-18-7-5-11(20-12)13(14,15)16/h3-7H,2,8H2,1H3,(H,18,19,20). The van der Waals surface area contributed by atoms with E-state index in [4.69, 9.17) is 0 Å². The summed E-state index contributed by atoms with van der Waals surface area (Å²) >= 11 is 0. The van der Waals surface area contributed by atoms with Crippen LogP contribution in [0.15, 0.2) is 30.6 Å². The lowest BCUT2D eigenvalue weighted by Gasteiger charge is -2.10. The Morgan fingerprint density at radius 2 is 1.95 bits per heavy atom. The number of aromatic nitrogens is 3. The summed E-state index contributed by atoms with van der Waals surface area (Å²) in [6.45, 7) is 2.27. The van der Waals surface area contributed by atoms with Crippen LogP contribution in [0.1, 0.15) is 23.9 Å². The first-order valence-electron chi connectivity index (χ1n) is 6.07. The van der Waals surface area contributed by atoms with E-state index in [0.717, 1.165) is 29.9 Å². The van der Waals surface area contributed by atoms with Crippen LogP contribution in [0.25, 0.3) is 0 Å². The Morgan fingerprint density at radius 1 is 1.15 bits per heavy atom. The molecule has 0 bridgehead atoms. The highest BCUT2D eigenvalue weighted by atomic mass is 19.4. The van der Waals surface area contributed by atoms with Crippen molar-refractivity contribution >= 4 is 5.95 Å². The molecular weight excluding hydrogens is 269 g/mol. The van der Waals surface area contributed by atoms with Gasteiger partial charge in [0.25, 0.3) is 0 Å². The van der Waals surface area contributed by atoms with Crippen molar-refractivity contribution in [2.75, 3.05) is 5.32 Å². The van der Waals surface area contributed by atoms with Crippen molar-refractivity contribution < 1.29 is 13.2 Å². The number of rotatable bonds is 4. The SMILES string of the molecule is CCc1cccnc1CNc1nccc(C(F)(F)F)n1. The van der Waals surface area contributed by atoms with E-state index >= 15 is 0 Å². The van der Waals surface area contributed by atoms with Crippen LogP contribution in [0.2, 0.25) is 0 Å². The van der Waals surface area contributed by atoms with Gasteiger partial charge in [0, 0.05) is 12.4 Å². The quantitative estimate of drug-likeness (QED) is 0.936. The summed E-state index contributed by atoms with van der Waals surface area (Å²) in [5.74, 6) is -0.0625. The molecule has 2 aromatic heterocycles. The summed E-state index contributed by atoms with van der Waals surface area (Å²) < 4.78 is 37.6. The van der Waals surface area contributed by atoms with Crippen molar-refractivity contribution in [1.29, 1.82) is 0 Å². The molecule has 0 amide bonds. The van der Waals surface area contributed by atoms with Crippen molar-refractivity contribution in [2.45, 2.75) is 26.1 Å². The molecule has 2 heterocycles. The Bertz CT molecular complexity index is 584. The van der Waals surface area contributed by atoms with E-state index in [9.17, 15) is 13.2 Å². The fraction of sp³-hybridized carbons (Fsp3) is 0.308. The number of alkyl halides is 3. The summed E-state index contributed by atoms with van der Waals surface area (Å²) in [7, 11) is 0. The smallest absolute Gasteiger partial charge is 0.349 e. The normalized spacial score (nSPS) is 11.4. The van der Waals surface area contributed by atoms with Crippen LogP contribution < -0.4 is 5.32 Å². The molecule has 106 valence electrons. The van der Waals surface area contributed by atoms with Crippen LogP contribution >= 0.6 is 0 Å². The molecule has 0 saturated heterocycles. The van der Waals surface area contributed by atoms with Crippen molar-refractivity contribution in [3.8, 4) is 0 Å². The van der Waals surface area contributed by atoms with E-state index in [0.29, 0.717) is 0 Å². The average molecular weight is 282 g/mol. The predicted molar refractivity (Wildman–Crippen MR) is 68.0 cm³/mol. The lowest BCUT2D eigenvalue weighted by atomic mass is 10.1. The molecule has 7 heteroatoms. The van der Waals surface area contributed by atoms with E-state index in [2.05, 4.69) is 20.3 Å². The second kappa shape index (κ2) is 5.85. The van der Waals surface area contributed by atoms with Gasteiger partial charge in [-0.3, -0.25) is 4.98 Å². The number of nitrogens with one attached hydrogen (secondary N) is 1. The van der Waals surface area contributed by atoms with Gasteiger partial charge in [0.05, 0.1) is 12.2 Å². The first-order valence-corrected chi connectivity index (χ1v) is 6.07. The van der Waals surface area contributed by atoms with Crippen LogP contribution in [0.4, 0.5) is 19.1 Å². The van der Waals surface area contributed by atoms with Gasteiger partial charge in [0.2, 0.25) is 5.95 Å². The zero-order chi connectivity index (χ0) is 14.6. The molecule has 0 unspecified atom stereocenters. The van der Waals surface area contributed by atoms with Gasteiger partial charge in [-0.2, -0.15) is 13.2 Å². The summed E-state index contributed by atoms with van der Waals surface area (Å²) in [5, 5.41) is 2.76. The van der Waals surface area contributed by atoms with Gasteiger partial charge in [-0.25, -0.2) is 9.97 Å². The number of hydrogen-bond donors (Lipinski definition) is 1. The topological polar surface area (TPSA) is 50.7 Å². The van der Waals surface area contributed by atoms with Crippen molar-refractivity contribution in [3.05, 3.63) is 47.5 Å². The minimum atomic E-state index is -4.47. The van der Waals surface area contributed by atoms with E-state index in [-0.39, 0.29) is 12.5 Å². The summed E-state index contributed by atoms with van der Waals surface area (Å²) in [4.78, 5) is 11.4. The van der Waals surface area contributed by atoms with Crippen molar-refractivity contribution in [1.82, 2.24) is 15.0 Å². The molecule has 0 atom stereocenters. The first-order chi connectivity index (χ1) is 9.50. The van der Waals surface area contributed by atoms with E-state index in [1.54, 1.807) is 6.20 Å². The number of halogens is 3. The Labute approximate surface area is 114 Å². The lowest BCUT2D eigenvalue weighted by molar-refractivity contribution is -0.141. The summed E-state index contributed by atoms with van der Waals surface area (Å²) in [6, 6.07) is 4.59. The third-order valence-corrected chi connectivity index (χ3v) is 2.73. The van der Waals surface area contributed by atoms with Gasteiger partial charge in [-0.05, 0) is 24.1 Å². The predicted octanol–water partition coefficient (Wildman–Crippen LogP) is 3.06. The van der Waals surface area contributed by atoms with Crippen LogP contribution in [0.5, 0.6) is 0 Å². The maximum Gasteiger partial charge on any atom is 0.433 e. The van der Waals surface area contributed by atoms with Crippen LogP contribution in [-0.2, 0) is 19.1 Å². The van der Waals surface area contributed by atoms with Gasteiger partial charge in [-0.15, -0.1) is 0 Å². The molecular formula is C13H13F3N4. The Morgan fingerprint density at radius 3 is 2.65 bits per heavy atom. The molecule has 0 aromatic carbocycles. The highest BCUT2D eigenvalue weighted by Gasteiger charge is 2.32. The highest BCUT2D eigenvalue weighted by molar-refractivity contribution is 5.29. The van der Waals surface area contributed by atoms with Gasteiger partial charge in [-0.1, -0.05) is 13.0 Å². The van der Waals surface area contributed by atoms with E-state index in [1.165, 1.54) is 0 Å². The molecule has 1 N–H and O–H groups in total. The van der Waals surface area contributed by atoms with Crippen molar-refractivity contribution in [2.24, 2.45) is 0 Å². The van der Waals surface area contributed by atoms with Gasteiger partial charge >= 0.3 is 6.18 Å². The number of aryl methyl sites for hydroxylation is 1. The molecule has 0 fully saturated rings. The van der Waals surface area contributed by atoms with Crippen LogP contribution in [-0.4, -0.2) is 15.0 Å². The molecule has 0 aliphatic rings. The first kappa shape index (κ1) is 14.2. The van der Waals surface area contributed by atoms with Gasteiger partial charge in [0.1, 0.15) is 5.69 Å². The molecule has 4 nitrogen and oxygen atoms in total. The molecule has 2 aromatic rings. The monoisotopic (exact) mass is 282 g/mol. The maximum absolute atomic E-state index is 12.5. The van der Waals surface area contributed by atoms with Gasteiger partial charge in [0.15, 0.2) is 0 Å². The van der Waals surface area contributed by atoms with Crippen LogP contribution in [0, 0.1) is 0 Å². The highest BCUT2D eigenvalue weighted by Crippen LogP contribution is 2.27. The van der Waals surface area contributed by atoms with E-state index in [1.807, 2.05) is 19.1 Å². The zero-order valence-electron chi connectivity index (χ0n) is 10.8. The fourth-order valence-electron chi connectivity index (χ4n) is 1.72. The average Bonchev–Trinajstić information content (AvgIpc) is 2.45. The minimum Gasteiger partial charge on any atom is -0.349 e. The van der Waals surface area contributed by atoms with E-state index < -0.39 is 11.9 Å². The second-order valence-corrected chi connectivity index (χ2v) is 4.08. The third kappa shape index (κ3) is 3.43. The largest absolute Gasteiger partial charge is 0.433 e. The molecule has 0 saturated carbocycles. The molecule has 2 rings (SSSR count). The van der Waals surface area contributed by atoms with Crippen LogP contribution in [0.3, 0.4) is 0 Å². The second-order valence-electron chi connectivity index (χ2n) is 4.08. The maximum atomic E-state index is 12.5. The Kier molecular flexibility index (Phi) is 4.16. The molecule has 0 spiro atoms.